The van der Waals surface area contributed by atoms with Crippen molar-refractivity contribution in [1.29, 1.82) is 0 Å². The van der Waals surface area contributed by atoms with Crippen LogP contribution in [-0.2, 0) is 63.2 Å². The molecule has 4 atom stereocenters. The molecule has 9 nitrogen and oxygen atoms in total. The van der Waals surface area contributed by atoms with E-state index in [1.165, 1.54) is 4.90 Å². The van der Waals surface area contributed by atoms with Gasteiger partial charge in [0.1, 0.15) is 18.1 Å². The Balaban J connectivity index is 0.00000420. The Morgan fingerprint density at radius 2 is 1.92 bits per heavy atom. The van der Waals surface area contributed by atoms with Gasteiger partial charge in [-0.15, -0.1) is 0 Å². The molecule has 0 aromatic heterocycles. The number of rotatable bonds is 9. The summed E-state index contributed by atoms with van der Waals surface area (Å²) in [7, 11) is 0. The van der Waals surface area contributed by atoms with Crippen LogP contribution in [-0.4, -0.2) is 59.6 Å². The van der Waals surface area contributed by atoms with Crippen molar-refractivity contribution in [3.05, 3.63) is 71.3 Å². The molecule has 2 aliphatic heterocycles. The van der Waals surface area contributed by atoms with E-state index in [2.05, 4.69) is 16.7 Å². The molecule has 3 amide bonds. The largest absolute Gasteiger partial charge is 0.433 e. The summed E-state index contributed by atoms with van der Waals surface area (Å²) in [4.78, 5) is 53.3. The van der Waals surface area contributed by atoms with Crippen molar-refractivity contribution in [3.63, 3.8) is 0 Å². The van der Waals surface area contributed by atoms with Crippen molar-refractivity contribution in [2.75, 3.05) is 6.54 Å². The topological polar surface area (TPSA) is 114 Å². The quantitative estimate of drug-likeness (QED) is 0.334. The third-order valence-corrected chi connectivity index (χ3v) is 6.81. The number of cyclic esters (lactones) is 1. The van der Waals surface area contributed by atoms with Gasteiger partial charge in [-0.25, -0.2) is 0 Å². The molecule has 2 N–H and O–H groups in total. The molecule has 205 valence electrons. The summed E-state index contributed by atoms with van der Waals surface area (Å²) in [6, 6.07) is 15.3. The van der Waals surface area contributed by atoms with Crippen molar-refractivity contribution >= 4 is 23.7 Å². The Morgan fingerprint density at radius 3 is 2.62 bits per heavy atom. The minimum atomic E-state index is -0.911. The zero-order valence-electron chi connectivity index (χ0n) is 22.5. The Labute approximate surface area is 254 Å². The van der Waals surface area contributed by atoms with Gasteiger partial charge in [0.25, 0.3) is 0 Å². The summed E-state index contributed by atoms with van der Waals surface area (Å²) < 4.78 is 11.1. The maximum atomic E-state index is 13.6. The molecule has 0 spiro atoms. The Hall–Kier alpha value is -2.62. The first-order valence-corrected chi connectivity index (χ1v) is 13.0. The number of nitrogens with zero attached hydrogens (tertiary/aromatic N) is 1. The van der Waals surface area contributed by atoms with E-state index in [4.69, 9.17) is 9.47 Å². The second-order valence-corrected chi connectivity index (χ2v) is 10.1. The number of benzene rings is 2. The van der Waals surface area contributed by atoms with Gasteiger partial charge < -0.3 is 25.0 Å². The molecule has 2 aromatic carbocycles. The molecular weight excluding hydrogens is 575 g/mol. The van der Waals surface area contributed by atoms with E-state index in [0.29, 0.717) is 24.9 Å². The van der Waals surface area contributed by atoms with Crippen molar-refractivity contribution < 1.29 is 61.4 Å². The Kier molecular flexibility index (Phi) is 11.2. The first-order valence-electron chi connectivity index (χ1n) is 13.0. The van der Waals surface area contributed by atoms with E-state index < -0.39 is 30.4 Å². The van der Waals surface area contributed by atoms with Crippen LogP contribution < -0.4 is 10.6 Å². The number of carbonyl (C=O) groups is 4. The van der Waals surface area contributed by atoms with Gasteiger partial charge in [0.2, 0.25) is 24.0 Å². The Morgan fingerprint density at radius 1 is 1.18 bits per heavy atom. The van der Waals surface area contributed by atoms with Gasteiger partial charge in [-0.1, -0.05) is 56.7 Å². The molecule has 4 rings (SSSR count). The fourth-order valence-corrected chi connectivity index (χ4v) is 4.78. The van der Waals surface area contributed by atoms with Crippen molar-refractivity contribution in [3.8, 4) is 0 Å². The van der Waals surface area contributed by atoms with Crippen LogP contribution in [0, 0.1) is 18.9 Å². The minimum absolute atomic E-state index is 0. The van der Waals surface area contributed by atoms with Crippen molar-refractivity contribution in [2.45, 2.75) is 71.1 Å². The van der Waals surface area contributed by atoms with Gasteiger partial charge in [0.05, 0.1) is 13.0 Å². The molecular formula is C29H34N3O6Y-. The van der Waals surface area contributed by atoms with Crippen LogP contribution in [0.25, 0.3) is 0 Å². The van der Waals surface area contributed by atoms with Gasteiger partial charge in [-0.2, -0.15) is 29.8 Å². The van der Waals surface area contributed by atoms with E-state index in [0.717, 1.165) is 11.1 Å². The molecule has 0 aliphatic carbocycles. The van der Waals surface area contributed by atoms with E-state index in [1.54, 1.807) is 18.2 Å². The zero-order chi connectivity index (χ0) is 27.2. The molecule has 2 fully saturated rings. The average molecular weight is 610 g/mol. The predicted molar refractivity (Wildman–Crippen MR) is 139 cm³/mol. The van der Waals surface area contributed by atoms with Crippen molar-refractivity contribution in [2.24, 2.45) is 5.92 Å². The first kappa shape index (κ1) is 30.9. The molecule has 2 aliphatic rings. The van der Waals surface area contributed by atoms with E-state index in [1.807, 2.05) is 51.1 Å². The molecule has 0 bridgehead atoms. The van der Waals surface area contributed by atoms with Crippen LogP contribution in [0.15, 0.2) is 48.5 Å². The van der Waals surface area contributed by atoms with E-state index in [9.17, 15) is 19.2 Å². The van der Waals surface area contributed by atoms with Crippen LogP contribution >= 0.6 is 0 Å². The van der Waals surface area contributed by atoms with Crippen LogP contribution in [0.3, 0.4) is 0 Å². The van der Waals surface area contributed by atoms with Gasteiger partial charge in [0.15, 0.2) is 0 Å². The van der Waals surface area contributed by atoms with Gasteiger partial charge >= 0.3 is 5.97 Å². The fourth-order valence-electron chi connectivity index (χ4n) is 4.78. The number of amides is 3. The maximum absolute atomic E-state index is 13.6. The summed E-state index contributed by atoms with van der Waals surface area (Å²) in [5.41, 5.74) is 2.18. The molecule has 39 heavy (non-hydrogen) atoms. The first-order chi connectivity index (χ1) is 18.2. The summed E-state index contributed by atoms with van der Waals surface area (Å²) in [6.45, 7) is 6.19. The average Bonchev–Trinajstić information content (AvgIpc) is 3.52. The summed E-state index contributed by atoms with van der Waals surface area (Å²) in [5, 5.41) is 5.72. The Bertz CT molecular complexity index is 1170. The molecule has 1 unspecified atom stereocenters. The number of nitrogens with one attached hydrogen (secondary N) is 2. The second-order valence-electron chi connectivity index (χ2n) is 10.1. The van der Waals surface area contributed by atoms with E-state index >= 15 is 0 Å². The smallest absolute Gasteiger partial charge is 0.310 e. The third kappa shape index (κ3) is 7.96. The third-order valence-electron chi connectivity index (χ3n) is 6.81. The number of aryl methyl sites for hydroxylation is 1. The zero-order valence-corrected chi connectivity index (χ0v) is 25.4. The van der Waals surface area contributed by atoms with E-state index in [-0.39, 0.29) is 69.4 Å². The van der Waals surface area contributed by atoms with Gasteiger partial charge in [-0.05, 0) is 24.3 Å². The number of carbonyl (C=O) groups excluding carboxylic acids is 4. The maximum Gasteiger partial charge on any atom is 0.310 e. The fraction of sp³-hybridized carbons (Fsp3) is 0.448. The number of hydrogen-bond acceptors (Lipinski definition) is 6. The van der Waals surface area contributed by atoms with Crippen LogP contribution in [0.4, 0.5) is 0 Å². The summed E-state index contributed by atoms with van der Waals surface area (Å²) in [5.74, 6) is -1.67. The summed E-state index contributed by atoms with van der Waals surface area (Å²) in [6.07, 6.45) is 0.224. The number of likely N-dealkylation sites (tertiary alicyclic amines) is 1. The van der Waals surface area contributed by atoms with Crippen LogP contribution in [0.5, 0.6) is 0 Å². The van der Waals surface area contributed by atoms with Crippen molar-refractivity contribution in [1.82, 2.24) is 15.5 Å². The molecule has 2 saturated heterocycles. The molecule has 2 aromatic rings. The van der Waals surface area contributed by atoms with Gasteiger partial charge in [0, 0.05) is 39.3 Å². The standard InChI is InChI=1S/C29H34N3O6.Y/c1-18(2)25(31-26(34)21-12-7-9-19(3)15-21)28(36)32-14-8-13-23(32)27(35)30-22-16-24(33)38-29(22)37-17-20-10-5-4-6-11-20;/h4-7,10-12,15,18,22-23,25,29H,8,13-14,16-17H2,1-3H3,(H,30,35)(H,31,34);/q-1;/t22-,23-,25-,29?;/m0./s1. The molecule has 1 radical (unpaired) electrons. The normalized spacial score (nSPS) is 21.2. The molecule has 0 saturated carbocycles. The second kappa shape index (κ2) is 14.1. The van der Waals surface area contributed by atoms with Crippen LogP contribution in [0.2, 0.25) is 0 Å². The molecule has 10 heteroatoms. The number of esters is 1. The monoisotopic (exact) mass is 609 g/mol. The summed E-state index contributed by atoms with van der Waals surface area (Å²) >= 11 is 0. The van der Waals surface area contributed by atoms with Crippen LogP contribution in [0.1, 0.15) is 54.6 Å². The molecule has 2 heterocycles. The minimum Gasteiger partial charge on any atom is -0.433 e. The predicted octanol–water partition coefficient (Wildman–Crippen LogP) is 2.51. The van der Waals surface area contributed by atoms with Gasteiger partial charge in [-0.3, -0.25) is 19.2 Å². The number of hydrogen-bond donors (Lipinski definition) is 2. The number of ether oxygens (including phenoxy) is 2. The SMILES string of the molecule is Cc1[c-]ccc(C(=O)N[C@H](C(=O)N2CCC[C@H]2C(=O)N[C@H]2CC(=O)OC2OCc2ccccc2)C(C)C)c1.[Y].